The Morgan fingerprint density at radius 3 is 2.52 bits per heavy atom. The summed E-state index contributed by atoms with van der Waals surface area (Å²) in [4.78, 5) is 10.7. The summed E-state index contributed by atoms with van der Waals surface area (Å²) in [6.07, 6.45) is 0. The highest BCUT2D eigenvalue weighted by Crippen LogP contribution is 2.19. The molecule has 0 spiro atoms. The van der Waals surface area contributed by atoms with Crippen LogP contribution in [0.4, 0.5) is 0 Å². The van der Waals surface area contributed by atoms with Crippen molar-refractivity contribution in [2.24, 2.45) is 4.99 Å². The molecule has 1 saturated heterocycles. The summed E-state index contributed by atoms with van der Waals surface area (Å²) in [5.74, 6) is 1.40. The number of nitrogens with one attached hydrogen (secondary N) is 2. The number of nitrogens with zero attached hydrogens (tertiary/aromatic N) is 3. The molecule has 23 heavy (non-hydrogen) atoms. The molecule has 0 aliphatic carbocycles. The quantitative estimate of drug-likeness (QED) is 0.612. The Kier molecular flexibility index (Phi) is 7.33. The van der Waals surface area contributed by atoms with Gasteiger partial charge in [-0.15, -0.1) is 11.3 Å². The van der Waals surface area contributed by atoms with Crippen LogP contribution in [0.3, 0.4) is 0 Å². The molecule has 0 radical (unpaired) electrons. The Hall–Kier alpha value is -1.11. The van der Waals surface area contributed by atoms with E-state index in [0.29, 0.717) is 12.0 Å². The van der Waals surface area contributed by atoms with Gasteiger partial charge in [0.25, 0.3) is 0 Å². The predicted octanol–water partition coefficient (Wildman–Crippen LogP) is 1.65. The average Bonchev–Trinajstić information content (AvgIpc) is 3.09. The normalized spacial score (nSPS) is 20.3. The van der Waals surface area contributed by atoms with E-state index in [0.717, 1.165) is 45.2 Å². The van der Waals surface area contributed by atoms with Crippen LogP contribution in [0.2, 0.25) is 0 Å². The summed E-state index contributed by atoms with van der Waals surface area (Å²) in [5.41, 5.74) is 0. The molecule has 1 fully saturated rings. The number of hydrogen-bond acceptors (Lipinski definition) is 4. The minimum atomic E-state index is 0.503. The van der Waals surface area contributed by atoms with E-state index in [9.17, 15) is 0 Å². The van der Waals surface area contributed by atoms with Gasteiger partial charge in [0.05, 0.1) is 0 Å². The number of hydrogen-bond donors (Lipinski definition) is 2. The second-order valence-electron chi connectivity index (χ2n) is 6.44. The first kappa shape index (κ1) is 18.2. The first-order valence-corrected chi connectivity index (χ1v) is 9.38. The lowest BCUT2D eigenvalue weighted by Gasteiger charge is -2.36. The number of guanidine groups is 1. The van der Waals surface area contributed by atoms with Crippen LogP contribution in [0.5, 0.6) is 0 Å². The van der Waals surface area contributed by atoms with Crippen LogP contribution >= 0.6 is 11.3 Å². The third-order valence-electron chi connectivity index (χ3n) is 4.55. The van der Waals surface area contributed by atoms with Gasteiger partial charge in [0.2, 0.25) is 0 Å². The second kappa shape index (κ2) is 9.25. The minimum Gasteiger partial charge on any atom is -0.356 e. The van der Waals surface area contributed by atoms with Crippen molar-refractivity contribution in [2.75, 3.05) is 53.4 Å². The number of thiophene rings is 1. The molecule has 2 N–H and O–H groups in total. The Morgan fingerprint density at radius 1 is 1.22 bits per heavy atom. The summed E-state index contributed by atoms with van der Waals surface area (Å²) >= 11 is 1.82. The van der Waals surface area contributed by atoms with Crippen LogP contribution in [0.1, 0.15) is 24.6 Å². The van der Waals surface area contributed by atoms with Gasteiger partial charge in [0.15, 0.2) is 5.96 Å². The first-order valence-electron chi connectivity index (χ1n) is 8.50. The molecule has 2 atom stereocenters. The monoisotopic (exact) mass is 337 g/mol. The third kappa shape index (κ3) is 5.79. The topological polar surface area (TPSA) is 42.9 Å². The van der Waals surface area contributed by atoms with E-state index in [4.69, 9.17) is 0 Å². The summed E-state index contributed by atoms with van der Waals surface area (Å²) in [6, 6.07) is 4.83. The van der Waals surface area contributed by atoms with Crippen molar-refractivity contribution in [1.29, 1.82) is 0 Å². The Bertz CT molecular complexity index is 465. The van der Waals surface area contributed by atoms with Crippen molar-refractivity contribution in [3.05, 3.63) is 22.4 Å². The summed E-state index contributed by atoms with van der Waals surface area (Å²) in [6.45, 7) is 11.0. The van der Waals surface area contributed by atoms with Crippen LogP contribution in [-0.2, 0) is 0 Å². The molecule has 5 nitrogen and oxygen atoms in total. The summed E-state index contributed by atoms with van der Waals surface area (Å²) < 4.78 is 0. The second-order valence-corrected chi connectivity index (χ2v) is 7.42. The Balaban J connectivity index is 1.70. The van der Waals surface area contributed by atoms with E-state index in [1.54, 1.807) is 0 Å². The summed E-state index contributed by atoms with van der Waals surface area (Å²) in [7, 11) is 4.03. The number of rotatable bonds is 6. The zero-order chi connectivity index (χ0) is 16.7. The molecule has 1 aromatic heterocycles. The highest BCUT2D eigenvalue weighted by atomic mass is 32.1. The van der Waals surface area contributed by atoms with E-state index < -0.39 is 0 Å². The summed E-state index contributed by atoms with van der Waals surface area (Å²) in [5, 5.41) is 9.04. The molecule has 0 amide bonds. The van der Waals surface area contributed by atoms with E-state index in [-0.39, 0.29) is 0 Å². The number of likely N-dealkylation sites (N-methyl/N-ethyl adjacent to an activating group) is 1. The lowest BCUT2D eigenvalue weighted by Crippen LogP contribution is -2.52. The zero-order valence-electron chi connectivity index (χ0n) is 14.9. The third-order valence-corrected chi connectivity index (χ3v) is 5.66. The molecule has 1 aliphatic rings. The highest BCUT2D eigenvalue weighted by Gasteiger charge is 2.19. The van der Waals surface area contributed by atoms with Gasteiger partial charge in [-0.2, -0.15) is 0 Å². The zero-order valence-corrected chi connectivity index (χ0v) is 15.7. The molecule has 0 aromatic carbocycles. The van der Waals surface area contributed by atoms with E-state index in [1.807, 2.05) is 18.4 Å². The fourth-order valence-electron chi connectivity index (χ4n) is 2.78. The minimum absolute atomic E-state index is 0.503. The lowest BCUT2D eigenvalue weighted by atomic mass is 10.1. The van der Waals surface area contributed by atoms with Gasteiger partial charge in [-0.25, -0.2) is 0 Å². The van der Waals surface area contributed by atoms with Gasteiger partial charge in [0, 0.05) is 63.2 Å². The van der Waals surface area contributed by atoms with Crippen molar-refractivity contribution < 1.29 is 0 Å². The molecule has 2 heterocycles. The molecule has 2 unspecified atom stereocenters. The maximum atomic E-state index is 4.34. The maximum Gasteiger partial charge on any atom is 0.191 e. The molecule has 6 heteroatoms. The maximum absolute atomic E-state index is 4.34. The molecule has 1 aromatic rings. The molecule has 130 valence electrons. The van der Waals surface area contributed by atoms with Crippen molar-refractivity contribution >= 4 is 17.3 Å². The van der Waals surface area contributed by atoms with Gasteiger partial charge in [-0.05, 0) is 25.4 Å². The number of piperazine rings is 1. The molecular formula is C17H31N5S. The van der Waals surface area contributed by atoms with Crippen molar-refractivity contribution in [3.8, 4) is 0 Å². The predicted molar refractivity (Wildman–Crippen MR) is 101 cm³/mol. The molecular weight excluding hydrogens is 306 g/mol. The molecule has 0 bridgehead atoms. The van der Waals surface area contributed by atoms with E-state index in [1.165, 1.54) is 4.88 Å². The van der Waals surface area contributed by atoms with Gasteiger partial charge >= 0.3 is 0 Å². The average molecular weight is 338 g/mol. The van der Waals surface area contributed by atoms with Crippen LogP contribution < -0.4 is 10.6 Å². The fourth-order valence-corrected chi connectivity index (χ4v) is 3.57. The number of aliphatic imine (C=N–C) groups is 1. The van der Waals surface area contributed by atoms with E-state index >= 15 is 0 Å². The van der Waals surface area contributed by atoms with Gasteiger partial charge in [-0.1, -0.05) is 13.0 Å². The van der Waals surface area contributed by atoms with Gasteiger partial charge in [0.1, 0.15) is 0 Å². The van der Waals surface area contributed by atoms with Crippen molar-refractivity contribution in [3.63, 3.8) is 0 Å². The SMILES string of the molecule is CN=C(NCC(C)c1cccs1)NCC(C)N1CCN(C)CC1. The van der Waals surface area contributed by atoms with Crippen molar-refractivity contribution in [1.82, 2.24) is 20.4 Å². The highest BCUT2D eigenvalue weighted by molar-refractivity contribution is 7.10. The Morgan fingerprint density at radius 2 is 1.91 bits per heavy atom. The first-order chi connectivity index (χ1) is 11.1. The smallest absolute Gasteiger partial charge is 0.191 e. The molecule has 1 aliphatic heterocycles. The van der Waals surface area contributed by atoms with Crippen LogP contribution in [0.25, 0.3) is 0 Å². The van der Waals surface area contributed by atoms with Crippen molar-refractivity contribution in [2.45, 2.75) is 25.8 Å². The lowest BCUT2D eigenvalue weighted by molar-refractivity contribution is 0.120. The van der Waals surface area contributed by atoms with Gasteiger partial charge < -0.3 is 15.5 Å². The largest absolute Gasteiger partial charge is 0.356 e. The van der Waals surface area contributed by atoms with Crippen LogP contribution in [0, 0.1) is 0 Å². The molecule has 2 rings (SSSR count). The Labute approximate surface area is 144 Å². The standard InChI is InChI=1S/C17H31N5S/c1-14(16-6-5-11-23-16)12-19-17(18-3)20-13-15(2)22-9-7-21(4)8-10-22/h5-6,11,14-15H,7-10,12-13H2,1-4H3,(H2,18,19,20). The van der Waals surface area contributed by atoms with Gasteiger partial charge in [-0.3, -0.25) is 9.89 Å². The van der Waals surface area contributed by atoms with Crippen LogP contribution in [-0.4, -0.2) is 75.2 Å². The fraction of sp³-hybridized carbons (Fsp3) is 0.706. The molecule has 0 saturated carbocycles. The van der Waals surface area contributed by atoms with E-state index in [2.05, 4.69) is 63.8 Å². The van der Waals surface area contributed by atoms with Crippen LogP contribution in [0.15, 0.2) is 22.5 Å².